The first-order chi connectivity index (χ1) is 12.6. The zero-order valence-electron chi connectivity index (χ0n) is 15.4. The summed E-state index contributed by atoms with van der Waals surface area (Å²) in [6, 6.07) is 5.90. The highest BCUT2D eigenvalue weighted by atomic mass is 16.3. The third-order valence-corrected chi connectivity index (χ3v) is 5.13. The minimum atomic E-state index is -0.478. The quantitative estimate of drug-likeness (QED) is 0.699. The van der Waals surface area contributed by atoms with Gasteiger partial charge in [0.25, 0.3) is 0 Å². The minimum Gasteiger partial charge on any atom is -0.396 e. The highest BCUT2D eigenvalue weighted by molar-refractivity contribution is 5.52. The van der Waals surface area contributed by atoms with Crippen molar-refractivity contribution in [3.05, 3.63) is 42.5 Å². The van der Waals surface area contributed by atoms with Gasteiger partial charge in [-0.15, -0.1) is 0 Å². The van der Waals surface area contributed by atoms with E-state index in [4.69, 9.17) is 0 Å². The number of aromatic nitrogens is 3. The van der Waals surface area contributed by atoms with Crippen molar-refractivity contribution in [2.45, 2.75) is 38.8 Å². The van der Waals surface area contributed by atoms with Gasteiger partial charge in [-0.3, -0.25) is 4.98 Å². The van der Waals surface area contributed by atoms with Gasteiger partial charge >= 0.3 is 0 Å². The lowest BCUT2D eigenvalue weighted by Crippen LogP contribution is -2.38. The summed E-state index contributed by atoms with van der Waals surface area (Å²) in [4.78, 5) is 13.2. The SMILES string of the molecule is CC(C)CNC1CC(O)C(CO)C1Cc1ccnc(-c2cccnc2)n1. The highest BCUT2D eigenvalue weighted by Crippen LogP contribution is 2.35. The second-order valence-corrected chi connectivity index (χ2v) is 7.54. The van der Waals surface area contributed by atoms with E-state index in [2.05, 4.69) is 34.1 Å². The summed E-state index contributed by atoms with van der Waals surface area (Å²) in [6.45, 7) is 5.23. The van der Waals surface area contributed by atoms with Gasteiger partial charge in [-0.25, -0.2) is 9.97 Å². The second-order valence-electron chi connectivity index (χ2n) is 7.54. The molecule has 6 heteroatoms. The van der Waals surface area contributed by atoms with Crippen LogP contribution in [0.4, 0.5) is 0 Å². The number of aliphatic hydroxyl groups is 2. The molecule has 4 unspecified atom stereocenters. The molecule has 140 valence electrons. The monoisotopic (exact) mass is 356 g/mol. The Morgan fingerprint density at radius 1 is 1.23 bits per heavy atom. The molecular weight excluding hydrogens is 328 g/mol. The van der Waals surface area contributed by atoms with Gasteiger partial charge in [-0.05, 0) is 49.4 Å². The highest BCUT2D eigenvalue weighted by Gasteiger charge is 2.42. The average Bonchev–Trinajstić information content (AvgIpc) is 2.95. The number of rotatable bonds is 7. The molecule has 3 N–H and O–H groups in total. The van der Waals surface area contributed by atoms with Crippen LogP contribution in [0.2, 0.25) is 0 Å². The van der Waals surface area contributed by atoms with Crippen molar-refractivity contribution in [1.82, 2.24) is 20.3 Å². The Morgan fingerprint density at radius 3 is 2.77 bits per heavy atom. The van der Waals surface area contributed by atoms with Gasteiger partial charge in [-0.2, -0.15) is 0 Å². The summed E-state index contributed by atoms with van der Waals surface area (Å²) < 4.78 is 0. The Kier molecular flexibility index (Phi) is 6.29. The lowest BCUT2D eigenvalue weighted by molar-refractivity contribution is 0.0716. The van der Waals surface area contributed by atoms with Gasteiger partial charge in [0, 0.05) is 48.4 Å². The van der Waals surface area contributed by atoms with E-state index in [0.717, 1.165) is 17.8 Å². The summed E-state index contributed by atoms with van der Waals surface area (Å²) >= 11 is 0. The molecule has 0 radical (unpaired) electrons. The van der Waals surface area contributed by atoms with Gasteiger partial charge in [-0.1, -0.05) is 13.8 Å². The molecule has 0 bridgehead atoms. The van der Waals surface area contributed by atoms with Crippen molar-refractivity contribution in [2.75, 3.05) is 13.2 Å². The number of hydrogen-bond donors (Lipinski definition) is 3. The number of nitrogens with zero attached hydrogens (tertiary/aromatic N) is 3. The van der Waals surface area contributed by atoms with Crippen molar-refractivity contribution in [2.24, 2.45) is 17.8 Å². The third kappa shape index (κ3) is 4.44. The molecule has 1 fully saturated rings. The molecule has 1 aliphatic carbocycles. The Labute approximate surface area is 154 Å². The molecular formula is C20H28N4O2. The van der Waals surface area contributed by atoms with E-state index in [9.17, 15) is 10.2 Å². The van der Waals surface area contributed by atoms with Crippen LogP contribution in [0.15, 0.2) is 36.8 Å². The molecule has 2 aromatic heterocycles. The molecule has 2 heterocycles. The second kappa shape index (κ2) is 8.66. The van der Waals surface area contributed by atoms with E-state index in [1.165, 1.54) is 0 Å². The first kappa shape index (κ1) is 18.9. The van der Waals surface area contributed by atoms with Crippen LogP contribution in [0.3, 0.4) is 0 Å². The number of aliphatic hydroxyl groups excluding tert-OH is 2. The topological polar surface area (TPSA) is 91.2 Å². The first-order valence-electron chi connectivity index (χ1n) is 9.33. The largest absolute Gasteiger partial charge is 0.396 e. The fraction of sp³-hybridized carbons (Fsp3) is 0.550. The summed E-state index contributed by atoms with van der Waals surface area (Å²) in [7, 11) is 0. The Hall–Kier alpha value is -1.89. The summed E-state index contributed by atoms with van der Waals surface area (Å²) in [5.74, 6) is 1.21. The predicted octanol–water partition coefficient (Wildman–Crippen LogP) is 1.68. The molecule has 4 atom stereocenters. The van der Waals surface area contributed by atoms with Crippen LogP contribution in [-0.2, 0) is 6.42 Å². The Morgan fingerprint density at radius 2 is 2.08 bits per heavy atom. The number of hydrogen-bond acceptors (Lipinski definition) is 6. The minimum absolute atomic E-state index is 0.00770. The van der Waals surface area contributed by atoms with Gasteiger partial charge < -0.3 is 15.5 Å². The third-order valence-electron chi connectivity index (χ3n) is 5.13. The standard InChI is InChI=1S/C20H28N4O2/c1-13(2)10-23-18-9-19(26)17(12-25)16(18)8-15-5-7-22-20(24-15)14-4-3-6-21-11-14/h3-7,11,13,16-19,23,25-26H,8-10,12H2,1-2H3. The summed E-state index contributed by atoms with van der Waals surface area (Å²) in [5.41, 5.74) is 1.81. The maximum atomic E-state index is 10.4. The molecule has 2 aromatic rings. The van der Waals surface area contributed by atoms with Crippen molar-refractivity contribution in [1.29, 1.82) is 0 Å². The molecule has 0 aromatic carbocycles. The zero-order valence-corrected chi connectivity index (χ0v) is 15.4. The summed E-state index contributed by atoms with van der Waals surface area (Å²) in [5, 5.41) is 23.7. The molecule has 0 amide bonds. The lowest BCUT2D eigenvalue weighted by Gasteiger charge is -2.25. The van der Waals surface area contributed by atoms with Crippen LogP contribution in [-0.4, -0.2) is 50.5 Å². The Balaban J connectivity index is 1.78. The number of nitrogens with one attached hydrogen (secondary N) is 1. The lowest BCUT2D eigenvalue weighted by atomic mass is 9.88. The van der Waals surface area contributed by atoms with Crippen LogP contribution in [0.1, 0.15) is 26.0 Å². The van der Waals surface area contributed by atoms with Crippen molar-refractivity contribution >= 4 is 0 Å². The molecule has 3 rings (SSSR count). The average molecular weight is 356 g/mol. The number of pyridine rings is 1. The van der Waals surface area contributed by atoms with Gasteiger partial charge in [0.1, 0.15) is 0 Å². The predicted molar refractivity (Wildman–Crippen MR) is 100 cm³/mol. The first-order valence-corrected chi connectivity index (χ1v) is 9.33. The van der Waals surface area contributed by atoms with Gasteiger partial charge in [0.15, 0.2) is 5.82 Å². The van der Waals surface area contributed by atoms with E-state index in [0.29, 0.717) is 24.6 Å². The van der Waals surface area contributed by atoms with Crippen molar-refractivity contribution in [3.8, 4) is 11.4 Å². The van der Waals surface area contributed by atoms with Crippen LogP contribution < -0.4 is 5.32 Å². The molecule has 0 spiro atoms. The van der Waals surface area contributed by atoms with Crippen LogP contribution >= 0.6 is 0 Å². The summed E-state index contributed by atoms with van der Waals surface area (Å²) in [6.07, 6.45) is 6.14. The molecule has 1 aliphatic rings. The van der Waals surface area contributed by atoms with Crippen molar-refractivity contribution < 1.29 is 10.2 Å². The van der Waals surface area contributed by atoms with E-state index in [-0.39, 0.29) is 24.5 Å². The Bertz CT molecular complexity index is 695. The molecule has 26 heavy (non-hydrogen) atoms. The normalized spacial score (nSPS) is 25.7. The molecule has 0 aliphatic heterocycles. The van der Waals surface area contributed by atoms with Gasteiger partial charge in [0.05, 0.1) is 6.10 Å². The van der Waals surface area contributed by atoms with Crippen LogP contribution in [0.25, 0.3) is 11.4 Å². The van der Waals surface area contributed by atoms with E-state index >= 15 is 0 Å². The van der Waals surface area contributed by atoms with Gasteiger partial charge in [0.2, 0.25) is 0 Å². The van der Waals surface area contributed by atoms with E-state index in [1.807, 2.05) is 18.2 Å². The van der Waals surface area contributed by atoms with Crippen LogP contribution in [0.5, 0.6) is 0 Å². The molecule has 1 saturated carbocycles. The maximum absolute atomic E-state index is 10.4. The molecule has 6 nitrogen and oxygen atoms in total. The van der Waals surface area contributed by atoms with Crippen LogP contribution in [0, 0.1) is 17.8 Å². The maximum Gasteiger partial charge on any atom is 0.160 e. The fourth-order valence-corrected chi connectivity index (χ4v) is 3.75. The molecule has 0 saturated heterocycles. The smallest absolute Gasteiger partial charge is 0.160 e. The van der Waals surface area contributed by atoms with Crippen molar-refractivity contribution in [3.63, 3.8) is 0 Å². The van der Waals surface area contributed by atoms with E-state index < -0.39 is 6.10 Å². The fourth-order valence-electron chi connectivity index (χ4n) is 3.75. The van der Waals surface area contributed by atoms with E-state index in [1.54, 1.807) is 18.6 Å². The zero-order chi connectivity index (χ0) is 18.5.